The summed E-state index contributed by atoms with van der Waals surface area (Å²) in [7, 11) is -3.67. The second-order valence-corrected chi connectivity index (χ2v) is 6.76. The first-order valence-electron chi connectivity index (χ1n) is 5.89. The van der Waals surface area contributed by atoms with Gasteiger partial charge in [0.25, 0.3) is 0 Å². The number of hydrogen-bond donors (Lipinski definition) is 1. The van der Waals surface area contributed by atoms with Gasteiger partial charge in [-0.25, -0.2) is 8.42 Å². The summed E-state index contributed by atoms with van der Waals surface area (Å²) < 4.78 is 26.5. The molecule has 19 heavy (non-hydrogen) atoms. The predicted molar refractivity (Wildman–Crippen MR) is 72.4 cm³/mol. The van der Waals surface area contributed by atoms with Crippen LogP contribution < -0.4 is 5.32 Å². The molecule has 1 N–H and O–H groups in total. The Morgan fingerprint density at radius 1 is 1.53 bits per heavy atom. The number of hydrogen-bond acceptors (Lipinski definition) is 4. The molecule has 0 radical (unpaired) electrons. The van der Waals surface area contributed by atoms with Crippen molar-refractivity contribution in [1.29, 1.82) is 5.26 Å². The molecular formula is C12H14ClN3O2S. The van der Waals surface area contributed by atoms with Gasteiger partial charge < -0.3 is 5.32 Å². The number of nitriles is 1. The highest BCUT2D eigenvalue weighted by Gasteiger charge is 2.30. The van der Waals surface area contributed by atoms with E-state index in [9.17, 15) is 8.42 Å². The van der Waals surface area contributed by atoms with Gasteiger partial charge in [0, 0.05) is 25.7 Å². The van der Waals surface area contributed by atoms with E-state index in [1.54, 1.807) is 6.07 Å². The van der Waals surface area contributed by atoms with Crippen LogP contribution in [0.5, 0.6) is 0 Å². The first-order valence-corrected chi connectivity index (χ1v) is 7.70. The van der Waals surface area contributed by atoms with Crippen LogP contribution in [-0.4, -0.2) is 38.4 Å². The average molecular weight is 300 g/mol. The molecule has 0 amide bonds. The van der Waals surface area contributed by atoms with E-state index in [2.05, 4.69) is 5.32 Å². The Morgan fingerprint density at radius 2 is 2.26 bits per heavy atom. The molecule has 0 aliphatic carbocycles. The summed E-state index contributed by atoms with van der Waals surface area (Å²) in [5.41, 5.74) is 0.00959. The second-order valence-electron chi connectivity index (χ2n) is 4.44. The first kappa shape index (κ1) is 14.3. The van der Waals surface area contributed by atoms with Gasteiger partial charge in [0.2, 0.25) is 10.0 Å². The SMILES string of the molecule is CC1CN(S(=O)(=O)c2cccc(Cl)c2C#N)CCN1. The summed E-state index contributed by atoms with van der Waals surface area (Å²) in [5.74, 6) is 0. The van der Waals surface area contributed by atoms with Crippen LogP contribution in [0.4, 0.5) is 0 Å². The Labute approximate surface area is 117 Å². The van der Waals surface area contributed by atoms with E-state index in [1.165, 1.54) is 16.4 Å². The van der Waals surface area contributed by atoms with Gasteiger partial charge in [-0.2, -0.15) is 9.57 Å². The van der Waals surface area contributed by atoms with Crippen LogP contribution in [0.3, 0.4) is 0 Å². The maximum absolute atomic E-state index is 12.6. The fourth-order valence-electron chi connectivity index (χ4n) is 2.08. The summed E-state index contributed by atoms with van der Waals surface area (Å²) in [5, 5.41) is 12.4. The van der Waals surface area contributed by atoms with Crippen molar-refractivity contribution in [2.75, 3.05) is 19.6 Å². The van der Waals surface area contributed by atoms with E-state index < -0.39 is 10.0 Å². The Balaban J connectivity index is 2.46. The third-order valence-electron chi connectivity index (χ3n) is 3.04. The van der Waals surface area contributed by atoms with Crippen molar-refractivity contribution < 1.29 is 8.42 Å². The molecule has 0 bridgehead atoms. The lowest BCUT2D eigenvalue weighted by atomic mass is 10.2. The first-order chi connectivity index (χ1) is 8.96. The van der Waals surface area contributed by atoms with Crippen LogP contribution in [0, 0.1) is 11.3 Å². The zero-order valence-electron chi connectivity index (χ0n) is 10.4. The predicted octanol–water partition coefficient (Wildman–Crippen LogP) is 1.19. The van der Waals surface area contributed by atoms with Gasteiger partial charge in [0.1, 0.15) is 11.0 Å². The monoisotopic (exact) mass is 299 g/mol. The number of benzene rings is 1. The summed E-state index contributed by atoms with van der Waals surface area (Å²) in [6.45, 7) is 3.30. The lowest BCUT2D eigenvalue weighted by Gasteiger charge is -2.31. The molecule has 0 aromatic heterocycles. The minimum Gasteiger partial charge on any atom is -0.312 e. The topological polar surface area (TPSA) is 73.2 Å². The molecule has 2 rings (SSSR count). The van der Waals surface area contributed by atoms with Crippen LogP contribution in [0.1, 0.15) is 12.5 Å². The zero-order chi connectivity index (χ0) is 14.0. The highest BCUT2D eigenvalue weighted by molar-refractivity contribution is 7.89. The van der Waals surface area contributed by atoms with Crippen molar-refractivity contribution in [3.8, 4) is 6.07 Å². The Morgan fingerprint density at radius 3 is 2.89 bits per heavy atom. The molecule has 1 aromatic rings. The van der Waals surface area contributed by atoms with Crippen molar-refractivity contribution in [2.45, 2.75) is 17.9 Å². The van der Waals surface area contributed by atoms with Gasteiger partial charge in [-0.15, -0.1) is 0 Å². The van der Waals surface area contributed by atoms with Crippen molar-refractivity contribution in [2.24, 2.45) is 0 Å². The summed E-state index contributed by atoms with van der Waals surface area (Å²) in [6.07, 6.45) is 0. The molecule has 0 spiro atoms. The van der Waals surface area contributed by atoms with E-state index >= 15 is 0 Å². The van der Waals surface area contributed by atoms with E-state index in [4.69, 9.17) is 16.9 Å². The van der Waals surface area contributed by atoms with Gasteiger partial charge in [-0.05, 0) is 19.1 Å². The summed E-state index contributed by atoms with van der Waals surface area (Å²) in [4.78, 5) is -0.0170. The fourth-order valence-corrected chi connectivity index (χ4v) is 4.05. The molecule has 1 unspecified atom stereocenters. The standard InChI is InChI=1S/C12H14ClN3O2S/c1-9-8-16(6-5-15-9)19(17,18)12-4-2-3-11(13)10(12)7-14/h2-4,9,15H,5-6,8H2,1H3. The normalized spacial score (nSPS) is 21.0. The number of sulfonamides is 1. The molecule has 7 heteroatoms. The molecule has 1 aliphatic rings. The Hall–Kier alpha value is -1.13. The lowest BCUT2D eigenvalue weighted by molar-refractivity contribution is 0.310. The molecule has 1 atom stereocenters. The van der Waals surface area contributed by atoms with Gasteiger partial charge in [0.15, 0.2) is 0 Å². The Kier molecular flexibility index (Phi) is 4.11. The number of piperazine rings is 1. The molecule has 1 saturated heterocycles. The number of nitrogens with zero attached hydrogens (tertiary/aromatic N) is 2. The molecule has 0 saturated carbocycles. The highest BCUT2D eigenvalue weighted by atomic mass is 35.5. The minimum atomic E-state index is -3.67. The molecule has 1 aromatic carbocycles. The van der Waals surface area contributed by atoms with E-state index in [0.29, 0.717) is 19.6 Å². The average Bonchev–Trinajstić information content (AvgIpc) is 2.38. The van der Waals surface area contributed by atoms with Crippen molar-refractivity contribution >= 4 is 21.6 Å². The van der Waals surface area contributed by atoms with E-state index in [-0.39, 0.29) is 21.5 Å². The quantitative estimate of drug-likeness (QED) is 0.890. The van der Waals surface area contributed by atoms with E-state index in [0.717, 1.165) is 0 Å². The van der Waals surface area contributed by atoms with Crippen LogP contribution in [0.25, 0.3) is 0 Å². The van der Waals surface area contributed by atoms with Crippen molar-refractivity contribution in [3.05, 3.63) is 28.8 Å². The summed E-state index contributed by atoms with van der Waals surface area (Å²) >= 11 is 5.89. The fraction of sp³-hybridized carbons (Fsp3) is 0.417. The van der Waals surface area contributed by atoms with Crippen LogP contribution in [0.15, 0.2) is 23.1 Å². The molecule has 1 aliphatic heterocycles. The Bertz CT molecular complexity index is 624. The number of rotatable bonds is 2. The smallest absolute Gasteiger partial charge is 0.244 e. The highest BCUT2D eigenvalue weighted by Crippen LogP contribution is 2.26. The van der Waals surface area contributed by atoms with Gasteiger partial charge in [-0.3, -0.25) is 0 Å². The molecule has 1 fully saturated rings. The summed E-state index contributed by atoms with van der Waals surface area (Å²) in [6, 6.07) is 6.44. The number of nitrogens with one attached hydrogen (secondary N) is 1. The van der Waals surface area contributed by atoms with Crippen LogP contribution >= 0.6 is 11.6 Å². The second kappa shape index (κ2) is 5.47. The van der Waals surface area contributed by atoms with Crippen LogP contribution in [0.2, 0.25) is 5.02 Å². The maximum atomic E-state index is 12.6. The molecule has 1 heterocycles. The largest absolute Gasteiger partial charge is 0.312 e. The lowest BCUT2D eigenvalue weighted by Crippen LogP contribution is -2.51. The maximum Gasteiger partial charge on any atom is 0.244 e. The van der Waals surface area contributed by atoms with Gasteiger partial charge >= 0.3 is 0 Å². The molecule has 102 valence electrons. The van der Waals surface area contributed by atoms with Crippen molar-refractivity contribution in [3.63, 3.8) is 0 Å². The third-order valence-corrected chi connectivity index (χ3v) is 5.26. The minimum absolute atomic E-state index is 0.00959. The third kappa shape index (κ3) is 2.74. The van der Waals surface area contributed by atoms with Gasteiger partial charge in [0.05, 0.1) is 10.6 Å². The van der Waals surface area contributed by atoms with Crippen LogP contribution in [-0.2, 0) is 10.0 Å². The van der Waals surface area contributed by atoms with Gasteiger partial charge in [-0.1, -0.05) is 17.7 Å². The molecule has 5 nitrogen and oxygen atoms in total. The van der Waals surface area contributed by atoms with Crippen molar-refractivity contribution in [1.82, 2.24) is 9.62 Å². The zero-order valence-corrected chi connectivity index (χ0v) is 12.0. The molecular weight excluding hydrogens is 286 g/mol. The van der Waals surface area contributed by atoms with E-state index in [1.807, 2.05) is 13.0 Å². The number of halogens is 1.